The summed E-state index contributed by atoms with van der Waals surface area (Å²) in [7, 11) is 0. The van der Waals surface area contributed by atoms with E-state index >= 15 is 0 Å². The summed E-state index contributed by atoms with van der Waals surface area (Å²) in [6, 6.07) is 0. The third-order valence-corrected chi connectivity index (χ3v) is 4.98. The van der Waals surface area contributed by atoms with E-state index < -0.39 is 0 Å². The van der Waals surface area contributed by atoms with E-state index in [0.29, 0.717) is 23.9 Å². The lowest BCUT2D eigenvalue weighted by Gasteiger charge is -2.37. The maximum atomic E-state index is 11.7. The molecule has 2 aliphatic carbocycles. The van der Waals surface area contributed by atoms with E-state index in [9.17, 15) is 4.79 Å². The molecular weight excluding hydrogens is 188 g/mol. The zero-order valence-electron chi connectivity index (χ0n) is 9.82. The van der Waals surface area contributed by atoms with Gasteiger partial charge < -0.3 is 4.74 Å². The van der Waals surface area contributed by atoms with Crippen LogP contribution in [0.5, 0.6) is 0 Å². The molecule has 0 aromatic carbocycles. The molecule has 3 fully saturated rings. The summed E-state index contributed by atoms with van der Waals surface area (Å²) in [5.41, 5.74) is 0.354. The van der Waals surface area contributed by atoms with Crippen LogP contribution in [0.15, 0.2) is 0 Å². The summed E-state index contributed by atoms with van der Waals surface area (Å²) in [6.07, 6.45) is 2.61. The number of esters is 1. The van der Waals surface area contributed by atoms with Crippen molar-refractivity contribution in [1.29, 1.82) is 0 Å². The molecule has 1 saturated heterocycles. The van der Waals surface area contributed by atoms with Gasteiger partial charge in [0.25, 0.3) is 0 Å². The van der Waals surface area contributed by atoms with Crippen molar-refractivity contribution < 1.29 is 9.53 Å². The summed E-state index contributed by atoms with van der Waals surface area (Å²) < 4.78 is 5.22. The molecule has 0 radical (unpaired) electrons. The second kappa shape index (κ2) is 2.78. The average Bonchev–Trinajstić information content (AvgIpc) is 2.73. The highest BCUT2D eigenvalue weighted by Gasteiger charge is 2.60. The normalized spacial score (nSPS) is 48.2. The molecule has 3 aliphatic rings. The highest BCUT2D eigenvalue weighted by molar-refractivity contribution is 5.76. The summed E-state index contributed by atoms with van der Waals surface area (Å²) in [6.45, 7) is 7.65. The molecule has 2 nitrogen and oxygen atoms in total. The van der Waals surface area contributed by atoms with Crippen LogP contribution >= 0.6 is 0 Å². The highest BCUT2D eigenvalue weighted by Crippen LogP contribution is 2.61. The van der Waals surface area contributed by atoms with Crippen LogP contribution in [0.4, 0.5) is 0 Å². The Morgan fingerprint density at radius 2 is 1.93 bits per heavy atom. The Kier molecular flexibility index (Phi) is 1.79. The maximum absolute atomic E-state index is 11.7. The van der Waals surface area contributed by atoms with Gasteiger partial charge in [-0.3, -0.25) is 4.79 Å². The fraction of sp³-hybridized carbons (Fsp3) is 0.923. The Morgan fingerprint density at radius 3 is 2.60 bits per heavy atom. The van der Waals surface area contributed by atoms with Gasteiger partial charge in [0.2, 0.25) is 0 Å². The van der Waals surface area contributed by atoms with E-state index in [1.54, 1.807) is 0 Å². The molecule has 0 aromatic rings. The molecule has 1 heterocycles. The predicted octanol–water partition coefficient (Wildman–Crippen LogP) is 2.48. The van der Waals surface area contributed by atoms with Crippen molar-refractivity contribution in [3.8, 4) is 0 Å². The molecule has 5 atom stereocenters. The van der Waals surface area contributed by atoms with Crippen LogP contribution in [0.1, 0.15) is 33.6 Å². The Hall–Kier alpha value is -0.530. The maximum Gasteiger partial charge on any atom is 0.309 e. The Morgan fingerprint density at radius 1 is 1.20 bits per heavy atom. The molecule has 0 aromatic heterocycles. The van der Waals surface area contributed by atoms with Crippen molar-refractivity contribution in [2.24, 2.45) is 35.0 Å². The van der Waals surface area contributed by atoms with Crippen LogP contribution in [0.2, 0.25) is 0 Å². The number of hydrogen-bond acceptors (Lipinski definition) is 2. The smallest absolute Gasteiger partial charge is 0.309 e. The number of ether oxygens (including phenoxy) is 1. The Bertz CT molecular complexity index is 302. The third-order valence-electron chi connectivity index (χ3n) is 4.98. The molecule has 0 N–H and O–H groups in total. The zero-order valence-corrected chi connectivity index (χ0v) is 9.82. The topological polar surface area (TPSA) is 26.3 Å². The fourth-order valence-corrected chi connectivity index (χ4v) is 4.33. The van der Waals surface area contributed by atoms with Gasteiger partial charge in [-0.05, 0) is 36.0 Å². The first-order chi connectivity index (χ1) is 6.98. The van der Waals surface area contributed by atoms with E-state index in [0.717, 1.165) is 11.8 Å². The van der Waals surface area contributed by atoms with Crippen molar-refractivity contribution in [2.45, 2.75) is 33.6 Å². The minimum absolute atomic E-state index is 0.0986. The van der Waals surface area contributed by atoms with Crippen LogP contribution in [0.25, 0.3) is 0 Å². The van der Waals surface area contributed by atoms with Gasteiger partial charge in [-0.25, -0.2) is 0 Å². The summed E-state index contributed by atoms with van der Waals surface area (Å²) in [5, 5.41) is 0. The number of carbonyl (C=O) groups excluding carboxylic acids is 1. The van der Waals surface area contributed by atoms with Gasteiger partial charge in [-0.15, -0.1) is 0 Å². The number of carbonyl (C=O) groups is 1. The Labute approximate surface area is 91.4 Å². The van der Waals surface area contributed by atoms with E-state index in [4.69, 9.17) is 4.74 Å². The van der Waals surface area contributed by atoms with Gasteiger partial charge in [0.15, 0.2) is 0 Å². The van der Waals surface area contributed by atoms with Crippen molar-refractivity contribution in [3.63, 3.8) is 0 Å². The van der Waals surface area contributed by atoms with Crippen LogP contribution in [-0.2, 0) is 9.53 Å². The number of cyclic esters (lactones) is 1. The van der Waals surface area contributed by atoms with Gasteiger partial charge in [0, 0.05) is 5.92 Å². The minimum Gasteiger partial charge on any atom is -0.465 e. The van der Waals surface area contributed by atoms with E-state index in [1.165, 1.54) is 12.8 Å². The first-order valence-corrected chi connectivity index (χ1v) is 6.15. The Balaban J connectivity index is 1.89. The molecule has 3 rings (SSSR count). The second-order valence-corrected chi connectivity index (χ2v) is 6.69. The van der Waals surface area contributed by atoms with E-state index in [2.05, 4.69) is 20.8 Å². The third kappa shape index (κ3) is 1.20. The first kappa shape index (κ1) is 9.68. The van der Waals surface area contributed by atoms with Gasteiger partial charge >= 0.3 is 5.97 Å². The van der Waals surface area contributed by atoms with Crippen molar-refractivity contribution in [1.82, 2.24) is 0 Å². The summed E-state index contributed by atoms with van der Waals surface area (Å²) >= 11 is 0. The van der Waals surface area contributed by atoms with Crippen LogP contribution < -0.4 is 0 Å². The molecular formula is C13H20O2. The predicted molar refractivity (Wildman–Crippen MR) is 57.1 cm³/mol. The van der Waals surface area contributed by atoms with E-state index in [1.807, 2.05) is 0 Å². The van der Waals surface area contributed by atoms with Gasteiger partial charge in [0.1, 0.15) is 0 Å². The van der Waals surface area contributed by atoms with Crippen LogP contribution in [0, 0.1) is 35.0 Å². The first-order valence-electron chi connectivity index (χ1n) is 6.15. The standard InChI is InChI=1S/C13H20O2/c1-13(2,3)10-5-7-4-8(10)11-9(7)6-15-12(11)14/h7-11H,4-6H2,1-3H3. The molecule has 2 bridgehead atoms. The minimum atomic E-state index is 0.0986. The van der Waals surface area contributed by atoms with Crippen molar-refractivity contribution >= 4 is 5.97 Å². The lowest BCUT2D eigenvalue weighted by atomic mass is 9.66. The van der Waals surface area contributed by atoms with Crippen molar-refractivity contribution in [2.75, 3.05) is 6.61 Å². The van der Waals surface area contributed by atoms with Gasteiger partial charge in [-0.1, -0.05) is 20.8 Å². The van der Waals surface area contributed by atoms with Gasteiger partial charge in [-0.2, -0.15) is 0 Å². The molecule has 84 valence electrons. The molecule has 0 amide bonds. The molecule has 0 spiro atoms. The number of rotatable bonds is 0. The molecule has 2 heteroatoms. The molecule has 1 aliphatic heterocycles. The lowest BCUT2D eigenvalue weighted by molar-refractivity contribution is -0.143. The lowest BCUT2D eigenvalue weighted by Crippen LogP contribution is -2.35. The fourth-order valence-electron chi connectivity index (χ4n) is 4.33. The molecule has 5 unspecified atom stereocenters. The largest absolute Gasteiger partial charge is 0.465 e. The number of hydrogen-bond donors (Lipinski definition) is 0. The summed E-state index contributed by atoms with van der Waals surface area (Å²) in [4.78, 5) is 11.7. The van der Waals surface area contributed by atoms with Crippen molar-refractivity contribution in [3.05, 3.63) is 0 Å². The zero-order chi connectivity index (χ0) is 10.8. The van der Waals surface area contributed by atoms with E-state index in [-0.39, 0.29) is 11.9 Å². The number of fused-ring (bicyclic) bond motifs is 5. The SMILES string of the molecule is CC(C)(C)C1CC2CC1C1C(=O)OCC21. The monoisotopic (exact) mass is 208 g/mol. The van der Waals surface area contributed by atoms with Crippen LogP contribution in [-0.4, -0.2) is 12.6 Å². The highest BCUT2D eigenvalue weighted by atomic mass is 16.5. The van der Waals surface area contributed by atoms with Crippen LogP contribution in [0.3, 0.4) is 0 Å². The van der Waals surface area contributed by atoms with Gasteiger partial charge in [0.05, 0.1) is 12.5 Å². The quantitative estimate of drug-likeness (QED) is 0.572. The second-order valence-electron chi connectivity index (χ2n) is 6.69. The molecule has 15 heavy (non-hydrogen) atoms. The molecule has 2 saturated carbocycles. The summed E-state index contributed by atoms with van der Waals surface area (Å²) in [5.74, 6) is 3.05. The average molecular weight is 208 g/mol.